The van der Waals surface area contributed by atoms with E-state index in [0.717, 1.165) is 11.1 Å². The summed E-state index contributed by atoms with van der Waals surface area (Å²) in [6.07, 6.45) is 1.14. The molecular formula is C24H18N2O9. The van der Waals surface area contributed by atoms with Gasteiger partial charge in [0.25, 0.3) is 12.0 Å². The molecule has 0 aromatic heterocycles. The summed E-state index contributed by atoms with van der Waals surface area (Å²) in [5.41, 5.74) is 2.79. The van der Waals surface area contributed by atoms with Gasteiger partial charge in [0, 0.05) is 35.4 Å². The quantitative estimate of drug-likeness (QED) is 0.224. The van der Waals surface area contributed by atoms with Gasteiger partial charge >= 0.3 is 18.0 Å². The molecule has 0 spiro atoms. The minimum absolute atomic E-state index is 0.119. The third-order valence-corrected chi connectivity index (χ3v) is 5.89. The number of amides is 1. The average molecular weight is 478 g/mol. The van der Waals surface area contributed by atoms with Gasteiger partial charge in [-0.1, -0.05) is 6.07 Å². The van der Waals surface area contributed by atoms with Crippen molar-refractivity contribution in [3.63, 3.8) is 0 Å². The number of nitrogens with zero attached hydrogens (tertiary/aromatic N) is 1. The molecule has 3 atom stereocenters. The molecule has 1 fully saturated rings. The normalized spacial score (nSPS) is 23.2. The average Bonchev–Trinajstić information content (AvgIpc) is 3.43. The molecule has 2 aliphatic heterocycles. The number of esters is 2. The number of benzene rings is 2. The predicted molar refractivity (Wildman–Crippen MR) is 118 cm³/mol. The monoisotopic (exact) mass is 478 g/mol. The third kappa shape index (κ3) is 4.31. The molecule has 1 aliphatic carbocycles. The van der Waals surface area contributed by atoms with E-state index < -0.39 is 35.3 Å². The second-order valence-electron chi connectivity index (χ2n) is 8.15. The van der Waals surface area contributed by atoms with Crippen LogP contribution in [0.5, 0.6) is 5.75 Å². The highest BCUT2D eigenvalue weighted by molar-refractivity contribution is 5.92. The zero-order chi connectivity index (χ0) is 24.7. The van der Waals surface area contributed by atoms with Crippen LogP contribution in [0.15, 0.2) is 65.9 Å². The van der Waals surface area contributed by atoms with E-state index in [4.69, 9.17) is 18.9 Å². The predicted octanol–water partition coefficient (Wildman–Crippen LogP) is 3.71. The fraction of sp³-hybridized carbons (Fsp3) is 0.208. The van der Waals surface area contributed by atoms with Gasteiger partial charge in [-0.3, -0.25) is 15.4 Å². The molecule has 2 aromatic rings. The van der Waals surface area contributed by atoms with E-state index in [1.165, 1.54) is 36.6 Å². The molecule has 11 nitrogen and oxygen atoms in total. The summed E-state index contributed by atoms with van der Waals surface area (Å²) in [5.74, 6) is -1.12. The van der Waals surface area contributed by atoms with Crippen molar-refractivity contribution in [2.75, 3.05) is 5.32 Å². The standard InChI is InChI=1S/C24H18N2O9/c1-12-8-20(34-22(12)27)32-11-19-18-9-13-2-3-14(10-17(13)21(18)35-23(19)28)25-24(29)33-16-6-4-15(5-7-16)26(30)31/h2-8,10-11,18,20-21H,9H2,1H3,(H,25,29)/b19-11+/t18-,20-,21-/m1/s1. The van der Waals surface area contributed by atoms with E-state index in [-0.39, 0.29) is 17.4 Å². The molecule has 2 heterocycles. The van der Waals surface area contributed by atoms with Crippen LogP contribution in [0.2, 0.25) is 0 Å². The number of ether oxygens (including phenoxy) is 4. The molecule has 2 aromatic carbocycles. The summed E-state index contributed by atoms with van der Waals surface area (Å²) in [4.78, 5) is 46.4. The fourth-order valence-electron chi connectivity index (χ4n) is 4.17. The number of hydrogen-bond acceptors (Lipinski definition) is 9. The Morgan fingerprint density at radius 1 is 1.14 bits per heavy atom. The highest BCUT2D eigenvalue weighted by Crippen LogP contribution is 2.48. The van der Waals surface area contributed by atoms with Crippen molar-refractivity contribution in [1.82, 2.24) is 0 Å². The number of nitrogens with one attached hydrogen (secondary N) is 1. The van der Waals surface area contributed by atoms with Crippen LogP contribution in [0.1, 0.15) is 24.2 Å². The van der Waals surface area contributed by atoms with E-state index in [1.54, 1.807) is 19.1 Å². The zero-order valence-electron chi connectivity index (χ0n) is 18.3. The molecule has 5 rings (SSSR count). The largest absolute Gasteiger partial charge is 0.458 e. The fourth-order valence-corrected chi connectivity index (χ4v) is 4.17. The first-order valence-corrected chi connectivity index (χ1v) is 10.6. The summed E-state index contributed by atoms with van der Waals surface area (Å²) in [5, 5.41) is 13.3. The Balaban J connectivity index is 1.25. The maximum Gasteiger partial charge on any atom is 0.417 e. The van der Waals surface area contributed by atoms with Gasteiger partial charge in [0.1, 0.15) is 11.9 Å². The molecule has 0 unspecified atom stereocenters. The number of nitro groups is 1. The highest BCUT2D eigenvalue weighted by Gasteiger charge is 2.46. The Kier molecular flexibility index (Phi) is 5.44. The van der Waals surface area contributed by atoms with Crippen LogP contribution in [-0.4, -0.2) is 29.2 Å². The van der Waals surface area contributed by atoms with Gasteiger partial charge in [-0.25, -0.2) is 14.4 Å². The zero-order valence-corrected chi connectivity index (χ0v) is 18.3. The Hall–Kier alpha value is -4.67. The lowest BCUT2D eigenvalue weighted by Gasteiger charge is -2.11. The first-order chi connectivity index (χ1) is 16.8. The van der Waals surface area contributed by atoms with Crippen molar-refractivity contribution in [1.29, 1.82) is 0 Å². The highest BCUT2D eigenvalue weighted by atomic mass is 16.7. The maximum absolute atomic E-state index is 12.4. The topological polar surface area (TPSA) is 143 Å². The molecule has 0 radical (unpaired) electrons. The van der Waals surface area contributed by atoms with E-state index in [2.05, 4.69) is 5.32 Å². The lowest BCUT2D eigenvalue weighted by molar-refractivity contribution is -0.384. The van der Waals surface area contributed by atoms with E-state index in [1.807, 2.05) is 6.07 Å². The van der Waals surface area contributed by atoms with Crippen LogP contribution in [0.3, 0.4) is 0 Å². The molecule has 1 amide bonds. The van der Waals surface area contributed by atoms with Gasteiger partial charge in [0.15, 0.2) is 0 Å². The number of hydrogen-bond donors (Lipinski definition) is 1. The van der Waals surface area contributed by atoms with Crippen molar-refractivity contribution in [3.05, 3.63) is 87.2 Å². The van der Waals surface area contributed by atoms with E-state index in [0.29, 0.717) is 23.3 Å². The van der Waals surface area contributed by atoms with E-state index in [9.17, 15) is 24.5 Å². The molecule has 0 bridgehead atoms. The molecule has 35 heavy (non-hydrogen) atoms. The first kappa shape index (κ1) is 22.1. The van der Waals surface area contributed by atoms with Crippen LogP contribution < -0.4 is 10.1 Å². The number of carbonyl (C=O) groups excluding carboxylic acids is 3. The Morgan fingerprint density at radius 2 is 1.91 bits per heavy atom. The number of non-ortho nitro benzene ring substituents is 1. The number of cyclic esters (lactones) is 1. The summed E-state index contributed by atoms with van der Waals surface area (Å²) in [6, 6.07) is 10.3. The molecule has 1 saturated heterocycles. The smallest absolute Gasteiger partial charge is 0.417 e. The number of rotatable bonds is 5. The lowest BCUT2D eigenvalue weighted by Crippen LogP contribution is -2.17. The Labute approximate surface area is 198 Å². The summed E-state index contributed by atoms with van der Waals surface area (Å²) in [6.45, 7) is 1.61. The van der Waals surface area contributed by atoms with Crippen molar-refractivity contribution in [3.8, 4) is 5.75 Å². The van der Waals surface area contributed by atoms with Gasteiger partial charge in [-0.2, -0.15) is 0 Å². The van der Waals surface area contributed by atoms with Crippen LogP contribution >= 0.6 is 0 Å². The van der Waals surface area contributed by atoms with Crippen LogP contribution in [0.25, 0.3) is 0 Å². The minimum Gasteiger partial charge on any atom is -0.458 e. The molecule has 1 N–H and O–H groups in total. The lowest BCUT2D eigenvalue weighted by atomic mass is 9.98. The van der Waals surface area contributed by atoms with Crippen molar-refractivity contribution in [2.24, 2.45) is 5.92 Å². The van der Waals surface area contributed by atoms with Crippen LogP contribution in [0, 0.1) is 16.0 Å². The number of nitro benzene ring substituents is 1. The molecule has 0 saturated carbocycles. The van der Waals surface area contributed by atoms with Gasteiger partial charge < -0.3 is 18.9 Å². The Bertz CT molecular complexity index is 1310. The first-order valence-electron chi connectivity index (χ1n) is 10.6. The van der Waals surface area contributed by atoms with Gasteiger partial charge in [-0.15, -0.1) is 0 Å². The van der Waals surface area contributed by atoms with Gasteiger partial charge in [0.05, 0.1) is 16.8 Å². The van der Waals surface area contributed by atoms with E-state index >= 15 is 0 Å². The van der Waals surface area contributed by atoms with Gasteiger partial charge in [-0.05, 0) is 48.7 Å². The minimum atomic E-state index is -0.886. The Morgan fingerprint density at radius 3 is 2.60 bits per heavy atom. The SMILES string of the molecule is CC1=C[C@H](O/C=C2/C(=O)O[C@@H]3c4cc(NC(=O)Oc5ccc([N+](=O)[O-])cc5)ccc4C[C@H]23)OC1=O. The second-order valence-corrected chi connectivity index (χ2v) is 8.15. The second kappa shape index (κ2) is 8.60. The molecule has 178 valence electrons. The molecule has 3 aliphatic rings. The van der Waals surface area contributed by atoms with Gasteiger partial charge in [0.2, 0.25) is 0 Å². The van der Waals surface area contributed by atoms with Crippen molar-refractivity contribution >= 4 is 29.4 Å². The number of carbonyl (C=O) groups is 3. The number of anilines is 1. The number of fused-ring (bicyclic) bond motifs is 3. The molecular weight excluding hydrogens is 460 g/mol. The van der Waals surface area contributed by atoms with Crippen LogP contribution in [0.4, 0.5) is 16.2 Å². The maximum atomic E-state index is 12.4. The summed E-state index contributed by atoms with van der Waals surface area (Å²) in [7, 11) is 0. The van der Waals surface area contributed by atoms with Crippen molar-refractivity contribution < 1.29 is 38.3 Å². The van der Waals surface area contributed by atoms with Crippen molar-refractivity contribution in [2.45, 2.75) is 25.7 Å². The molecule has 11 heteroatoms. The summed E-state index contributed by atoms with van der Waals surface area (Å²) >= 11 is 0. The van der Waals surface area contributed by atoms with Crippen LogP contribution in [-0.2, 0) is 30.2 Å². The third-order valence-electron chi connectivity index (χ3n) is 5.89. The summed E-state index contributed by atoms with van der Waals surface area (Å²) < 4.78 is 21.2.